The molecular weight excluding hydrogens is 598 g/mol. The van der Waals surface area contributed by atoms with Gasteiger partial charge in [-0.1, -0.05) is 34.1 Å². The predicted octanol–water partition coefficient (Wildman–Crippen LogP) is 5.71. The number of hydrogen-bond acceptors (Lipinski definition) is 8. The number of cyclic esters (lactones) is 1. The standard InChI is InChI=1S/C26H17Br2NO7/c1-14(30)34-21-9-8-16(12-22(21)33-2)24-29-20(26(32)36-24)11-17-10-18(27)13-19(28)23(17)35-25(31)15-6-4-3-5-7-15/h3-13H,1-2H3/b20-11-. The molecule has 0 radical (unpaired) electrons. The highest BCUT2D eigenvalue weighted by Crippen LogP contribution is 2.36. The Morgan fingerprint density at radius 2 is 1.72 bits per heavy atom. The zero-order chi connectivity index (χ0) is 25.8. The van der Waals surface area contributed by atoms with Crippen molar-refractivity contribution < 1.29 is 33.3 Å². The molecule has 36 heavy (non-hydrogen) atoms. The molecule has 1 heterocycles. The van der Waals surface area contributed by atoms with Crippen LogP contribution in [0.15, 0.2) is 80.3 Å². The van der Waals surface area contributed by atoms with Crippen molar-refractivity contribution in [1.29, 1.82) is 0 Å². The van der Waals surface area contributed by atoms with Crippen LogP contribution in [0.2, 0.25) is 0 Å². The fourth-order valence-corrected chi connectivity index (χ4v) is 4.58. The fraction of sp³-hybridized carbons (Fsp3) is 0.0769. The van der Waals surface area contributed by atoms with Gasteiger partial charge in [-0.15, -0.1) is 0 Å². The van der Waals surface area contributed by atoms with E-state index in [0.717, 1.165) is 0 Å². The van der Waals surface area contributed by atoms with Crippen LogP contribution >= 0.6 is 31.9 Å². The first-order chi connectivity index (χ1) is 17.2. The third-order valence-corrected chi connectivity index (χ3v) is 5.87. The van der Waals surface area contributed by atoms with Crippen molar-refractivity contribution in [3.8, 4) is 17.2 Å². The van der Waals surface area contributed by atoms with Crippen LogP contribution < -0.4 is 14.2 Å². The largest absolute Gasteiger partial charge is 0.493 e. The van der Waals surface area contributed by atoms with Gasteiger partial charge in [-0.05, 0) is 64.5 Å². The SMILES string of the molecule is COc1cc(C2=N/C(=C\c3cc(Br)cc(Br)c3OC(=O)c3ccccc3)C(=O)O2)ccc1OC(C)=O. The Balaban J connectivity index is 1.69. The number of hydrogen-bond donors (Lipinski definition) is 0. The molecule has 0 N–H and O–H groups in total. The van der Waals surface area contributed by atoms with E-state index in [0.29, 0.717) is 25.6 Å². The molecule has 0 aromatic heterocycles. The average Bonchev–Trinajstić information content (AvgIpc) is 3.21. The van der Waals surface area contributed by atoms with Crippen molar-refractivity contribution >= 4 is 61.7 Å². The van der Waals surface area contributed by atoms with E-state index in [4.69, 9.17) is 18.9 Å². The molecule has 3 aromatic rings. The van der Waals surface area contributed by atoms with Gasteiger partial charge in [0.25, 0.3) is 0 Å². The summed E-state index contributed by atoms with van der Waals surface area (Å²) in [6.45, 7) is 1.28. The Labute approximate surface area is 222 Å². The highest BCUT2D eigenvalue weighted by molar-refractivity contribution is 9.11. The number of halogens is 2. The molecule has 1 aliphatic heterocycles. The number of esters is 3. The summed E-state index contributed by atoms with van der Waals surface area (Å²) in [6.07, 6.45) is 1.46. The summed E-state index contributed by atoms with van der Waals surface area (Å²) >= 11 is 6.82. The van der Waals surface area contributed by atoms with Crippen molar-refractivity contribution in [3.63, 3.8) is 0 Å². The van der Waals surface area contributed by atoms with Crippen molar-refractivity contribution in [2.24, 2.45) is 4.99 Å². The Bertz CT molecular complexity index is 1430. The number of nitrogens with zero attached hydrogens (tertiary/aromatic N) is 1. The van der Waals surface area contributed by atoms with E-state index in [9.17, 15) is 14.4 Å². The molecule has 3 aromatic carbocycles. The third kappa shape index (κ3) is 5.72. The molecule has 1 aliphatic rings. The minimum absolute atomic E-state index is 0.00459. The highest BCUT2D eigenvalue weighted by Gasteiger charge is 2.26. The molecule has 0 amide bonds. The van der Waals surface area contributed by atoms with Gasteiger partial charge in [0.1, 0.15) is 0 Å². The lowest BCUT2D eigenvalue weighted by atomic mass is 10.1. The van der Waals surface area contributed by atoms with Gasteiger partial charge >= 0.3 is 17.9 Å². The second-order valence-electron chi connectivity index (χ2n) is 7.36. The number of methoxy groups -OCH3 is 1. The maximum absolute atomic E-state index is 12.7. The second-order valence-corrected chi connectivity index (χ2v) is 9.13. The topological polar surface area (TPSA) is 100 Å². The predicted molar refractivity (Wildman–Crippen MR) is 138 cm³/mol. The van der Waals surface area contributed by atoms with E-state index >= 15 is 0 Å². The Hall–Kier alpha value is -3.76. The van der Waals surface area contributed by atoms with Crippen molar-refractivity contribution in [1.82, 2.24) is 0 Å². The lowest BCUT2D eigenvalue weighted by Crippen LogP contribution is -2.10. The van der Waals surface area contributed by atoms with Gasteiger partial charge in [0.2, 0.25) is 5.90 Å². The average molecular weight is 615 g/mol. The van der Waals surface area contributed by atoms with Crippen molar-refractivity contribution in [2.45, 2.75) is 6.92 Å². The molecule has 0 aliphatic carbocycles. The van der Waals surface area contributed by atoms with Gasteiger partial charge < -0.3 is 18.9 Å². The van der Waals surface area contributed by atoms with Crippen LogP contribution in [0.25, 0.3) is 6.08 Å². The maximum Gasteiger partial charge on any atom is 0.363 e. The third-order valence-electron chi connectivity index (χ3n) is 4.82. The highest BCUT2D eigenvalue weighted by atomic mass is 79.9. The summed E-state index contributed by atoms with van der Waals surface area (Å²) in [4.78, 5) is 40.9. The number of rotatable bonds is 6. The molecule has 0 unspecified atom stereocenters. The molecule has 182 valence electrons. The summed E-state index contributed by atoms with van der Waals surface area (Å²) < 4.78 is 22.5. The van der Waals surface area contributed by atoms with Crippen molar-refractivity contribution in [2.75, 3.05) is 7.11 Å². The van der Waals surface area contributed by atoms with E-state index < -0.39 is 17.9 Å². The number of ether oxygens (including phenoxy) is 4. The molecular formula is C26H17Br2NO7. The smallest absolute Gasteiger partial charge is 0.363 e. The van der Waals surface area contributed by atoms with Crippen LogP contribution in [0.5, 0.6) is 17.2 Å². The Kier molecular flexibility index (Phi) is 7.66. The normalized spacial score (nSPS) is 13.7. The summed E-state index contributed by atoms with van der Waals surface area (Å²) in [7, 11) is 1.42. The lowest BCUT2D eigenvalue weighted by molar-refractivity contribution is -0.132. The van der Waals surface area contributed by atoms with E-state index in [1.54, 1.807) is 48.5 Å². The van der Waals surface area contributed by atoms with Gasteiger partial charge in [0.05, 0.1) is 17.1 Å². The van der Waals surface area contributed by atoms with Gasteiger partial charge in [-0.25, -0.2) is 14.6 Å². The molecule has 8 nitrogen and oxygen atoms in total. The van der Waals surface area contributed by atoms with Crippen LogP contribution in [0.1, 0.15) is 28.4 Å². The molecule has 0 fully saturated rings. The van der Waals surface area contributed by atoms with Gasteiger partial charge in [0.15, 0.2) is 22.9 Å². The number of aliphatic imine (C=N–C) groups is 1. The van der Waals surface area contributed by atoms with E-state index in [1.165, 1.54) is 32.2 Å². The first-order valence-corrected chi connectivity index (χ1v) is 12.0. The van der Waals surface area contributed by atoms with E-state index in [2.05, 4.69) is 36.9 Å². The molecule has 0 bridgehead atoms. The maximum atomic E-state index is 12.7. The molecule has 4 rings (SSSR count). The number of carbonyl (C=O) groups excluding carboxylic acids is 3. The lowest BCUT2D eigenvalue weighted by Gasteiger charge is -2.11. The van der Waals surface area contributed by atoms with Gasteiger partial charge in [0, 0.05) is 22.5 Å². The summed E-state index contributed by atoms with van der Waals surface area (Å²) in [5, 5.41) is 0. The van der Waals surface area contributed by atoms with Crippen LogP contribution in [-0.2, 0) is 14.3 Å². The first kappa shape index (κ1) is 25.3. The number of benzene rings is 3. The molecule has 10 heteroatoms. The van der Waals surface area contributed by atoms with Crippen LogP contribution in [0.4, 0.5) is 0 Å². The van der Waals surface area contributed by atoms with Gasteiger partial charge in [-0.3, -0.25) is 4.79 Å². The monoisotopic (exact) mass is 613 g/mol. The van der Waals surface area contributed by atoms with Crippen LogP contribution in [-0.4, -0.2) is 30.9 Å². The van der Waals surface area contributed by atoms with Crippen molar-refractivity contribution in [3.05, 3.63) is 92.0 Å². The second kappa shape index (κ2) is 10.9. The number of carbonyl (C=O) groups is 3. The zero-order valence-electron chi connectivity index (χ0n) is 18.9. The van der Waals surface area contributed by atoms with Gasteiger partial charge in [-0.2, -0.15) is 0 Å². The van der Waals surface area contributed by atoms with E-state index in [1.807, 2.05) is 0 Å². The minimum Gasteiger partial charge on any atom is -0.493 e. The summed E-state index contributed by atoms with van der Waals surface area (Å²) in [5.74, 6) is -1.01. The van der Waals surface area contributed by atoms with Crippen LogP contribution in [0, 0.1) is 0 Å². The first-order valence-electron chi connectivity index (χ1n) is 10.4. The fourth-order valence-electron chi connectivity index (χ4n) is 3.24. The van der Waals surface area contributed by atoms with E-state index in [-0.39, 0.29) is 28.8 Å². The zero-order valence-corrected chi connectivity index (χ0v) is 22.1. The summed E-state index contributed by atoms with van der Waals surface area (Å²) in [6, 6.07) is 16.6. The quantitative estimate of drug-likeness (QED) is 0.199. The Morgan fingerprint density at radius 3 is 2.42 bits per heavy atom. The molecule has 0 spiro atoms. The molecule has 0 saturated heterocycles. The molecule has 0 saturated carbocycles. The Morgan fingerprint density at radius 1 is 0.972 bits per heavy atom. The summed E-state index contributed by atoms with van der Waals surface area (Å²) in [5.41, 5.74) is 1.22. The van der Waals surface area contributed by atoms with Crippen LogP contribution in [0.3, 0.4) is 0 Å². The molecule has 0 atom stereocenters. The minimum atomic E-state index is -0.690.